The lowest BCUT2D eigenvalue weighted by Gasteiger charge is -2.33. The summed E-state index contributed by atoms with van der Waals surface area (Å²) in [6.45, 7) is 3.16. The normalized spacial score (nSPS) is 14.6. The van der Waals surface area contributed by atoms with Gasteiger partial charge in [-0.2, -0.15) is 0 Å². The fraction of sp³-hybridized carbons (Fsp3) is 0.333. The summed E-state index contributed by atoms with van der Waals surface area (Å²) in [6, 6.07) is 25.8. The highest BCUT2D eigenvalue weighted by Crippen LogP contribution is 2.33. The Kier molecular flexibility index (Phi) is 8.74. The second-order valence-corrected chi connectivity index (χ2v) is 9.23. The molecule has 0 radical (unpaired) electrons. The fourth-order valence-corrected chi connectivity index (χ4v) is 4.94. The standard InChI is InChI=1S/C30H34N2O4/c1-2-18-31(20-23-16-17-27-24(19-23)10-9-15-28(27)36-30(35)22-33)29(34)21-32(25-11-5-3-6-12-25)26-13-7-4-8-14-26/h3-15,23,33H,2,16-22H2,1H3. The average Bonchev–Trinajstić information content (AvgIpc) is 2.92. The molecule has 1 aliphatic carbocycles. The molecule has 3 aromatic rings. The Morgan fingerprint density at radius 3 is 2.22 bits per heavy atom. The molecule has 0 bridgehead atoms. The molecule has 0 saturated heterocycles. The molecule has 0 aromatic heterocycles. The summed E-state index contributed by atoms with van der Waals surface area (Å²) in [5.41, 5.74) is 4.16. The van der Waals surface area contributed by atoms with E-state index in [0.29, 0.717) is 24.8 Å². The van der Waals surface area contributed by atoms with Gasteiger partial charge in [0.05, 0.1) is 0 Å². The van der Waals surface area contributed by atoms with Crippen LogP contribution in [0.3, 0.4) is 0 Å². The molecule has 6 nitrogen and oxygen atoms in total. The monoisotopic (exact) mass is 486 g/mol. The van der Waals surface area contributed by atoms with Crippen LogP contribution < -0.4 is 9.64 Å². The first-order valence-corrected chi connectivity index (χ1v) is 12.7. The number of carbonyl (C=O) groups is 2. The lowest BCUT2D eigenvalue weighted by molar-refractivity contribution is -0.137. The van der Waals surface area contributed by atoms with Crippen molar-refractivity contribution >= 4 is 23.3 Å². The number of carbonyl (C=O) groups excluding carboxylic acids is 2. The number of aliphatic hydroxyl groups is 1. The van der Waals surface area contributed by atoms with Crippen LogP contribution in [-0.2, 0) is 22.4 Å². The second-order valence-electron chi connectivity index (χ2n) is 9.23. The molecule has 188 valence electrons. The highest BCUT2D eigenvalue weighted by molar-refractivity contribution is 5.84. The summed E-state index contributed by atoms with van der Waals surface area (Å²) in [5.74, 6) is 0.333. The number of nitrogens with zero attached hydrogens (tertiary/aromatic N) is 2. The van der Waals surface area contributed by atoms with Gasteiger partial charge in [-0.1, -0.05) is 55.5 Å². The zero-order chi connectivity index (χ0) is 25.3. The lowest BCUT2D eigenvalue weighted by Crippen LogP contribution is -2.42. The number of benzene rings is 3. The lowest BCUT2D eigenvalue weighted by atomic mass is 9.83. The van der Waals surface area contributed by atoms with Crippen LogP contribution in [0.2, 0.25) is 0 Å². The highest BCUT2D eigenvalue weighted by atomic mass is 16.5. The number of aliphatic hydroxyl groups excluding tert-OH is 1. The quantitative estimate of drug-likeness (QED) is 0.330. The summed E-state index contributed by atoms with van der Waals surface area (Å²) in [5, 5.41) is 9.04. The molecule has 0 heterocycles. The zero-order valence-electron chi connectivity index (χ0n) is 20.8. The molecule has 0 spiro atoms. The smallest absolute Gasteiger partial charge is 0.337 e. The summed E-state index contributed by atoms with van der Waals surface area (Å²) >= 11 is 0. The zero-order valence-corrected chi connectivity index (χ0v) is 20.8. The van der Waals surface area contributed by atoms with Crippen molar-refractivity contribution in [3.05, 3.63) is 90.0 Å². The summed E-state index contributed by atoms with van der Waals surface area (Å²) in [7, 11) is 0. The van der Waals surface area contributed by atoms with Gasteiger partial charge in [-0.25, -0.2) is 4.79 Å². The number of anilines is 2. The van der Waals surface area contributed by atoms with Crippen molar-refractivity contribution in [2.75, 3.05) is 31.1 Å². The maximum Gasteiger partial charge on any atom is 0.337 e. The molecule has 36 heavy (non-hydrogen) atoms. The molecule has 4 rings (SSSR count). The molecule has 3 aromatic carbocycles. The van der Waals surface area contributed by atoms with Crippen molar-refractivity contribution in [1.29, 1.82) is 0 Å². The first kappa shape index (κ1) is 25.5. The van der Waals surface area contributed by atoms with E-state index >= 15 is 0 Å². The number of ether oxygens (including phenoxy) is 1. The maximum absolute atomic E-state index is 13.6. The van der Waals surface area contributed by atoms with Crippen molar-refractivity contribution in [3.8, 4) is 5.75 Å². The maximum atomic E-state index is 13.6. The van der Waals surface area contributed by atoms with Gasteiger partial charge in [-0.15, -0.1) is 0 Å². The van der Waals surface area contributed by atoms with Crippen LogP contribution in [-0.4, -0.2) is 48.1 Å². The molecule has 6 heteroatoms. The molecular formula is C30H34N2O4. The van der Waals surface area contributed by atoms with Gasteiger partial charge >= 0.3 is 5.97 Å². The Bertz CT molecular complexity index is 1110. The second kappa shape index (κ2) is 12.4. The Labute approximate surface area is 213 Å². The van der Waals surface area contributed by atoms with Gasteiger partial charge in [-0.3, -0.25) is 4.79 Å². The number of hydrogen-bond acceptors (Lipinski definition) is 5. The average molecular weight is 487 g/mol. The number of fused-ring (bicyclic) bond motifs is 1. The number of rotatable bonds is 10. The number of hydrogen-bond donors (Lipinski definition) is 1. The van der Waals surface area contributed by atoms with Gasteiger partial charge in [0.1, 0.15) is 18.9 Å². The largest absolute Gasteiger partial charge is 0.425 e. The number of esters is 1. The van der Waals surface area contributed by atoms with Gasteiger partial charge < -0.3 is 19.6 Å². The van der Waals surface area contributed by atoms with Gasteiger partial charge in [0.15, 0.2) is 0 Å². The van der Waals surface area contributed by atoms with E-state index in [1.165, 1.54) is 0 Å². The summed E-state index contributed by atoms with van der Waals surface area (Å²) < 4.78 is 5.32. The van der Waals surface area contributed by atoms with Crippen molar-refractivity contribution in [2.45, 2.75) is 32.6 Å². The third-order valence-electron chi connectivity index (χ3n) is 6.65. The SMILES string of the molecule is CCCN(CC1CCc2c(cccc2OC(=O)CO)C1)C(=O)CN(c1ccccc1)c1ccccc1. The fourth-order valence-electron chi connectivity index (χ4n) is 4.94. The molecule has 1 aliphatic rings. The molecule has 0 aliphatic heterocycles. The molecule has 0 saturated carbocycles. The van der Waals surface area contributed by atoms with E-state index in [1.807, 2.05) is 71.6 Å². The van der Waals surface area contributed by atoms with Crippen LogP contribution in [0.4, 0.5) is 11.4 Å². The number of amides is 1. The van der Waals surface area contributed by atoms with E-state index in [1.54, 1.807) is 6.07 Å². The van der Waals surface area contributed by atoms with Crippen molar-refractivity contribution in [2.24, 2.45) is 5.92 Å². The topological polar surface area (TPSA) is 70.1 Å². The Hall–Kier alpha value is -3.64. The van der Waals surface area contributed by atoms with Gasteiger partial charge in [0.25, 0.3) is 0 Å². The molecular weight excluding hydrogens is 452 g/mol. The van der Waals surface area contributed by atoms with E-state index in [4.69, 9.17) is 9.84 Å². The van der Waals surface area contributed by atoms with Crippen LogP contribution in [0.1, 0.15) is 30.9 Å². The summed E-state index contributed by atoms with van der Waals surface area (Å²) in [4.78, 5) is 29.3. The Morgan fingerprint density at radius 1 is 0.944 bits per heavy atom. The predicted molar refractivity (Wildman–Crippen MR) is 141 cm³/mol. The first-order valence-electron chi connectivity index (χ1n) is 12.7. The van der Waals surface area contributed by atoms with Crippen molar-refractivity contribution in [1.82, 2.24) is 4.90 Å². The minimum atomic E-state index is -0.647. The minimum Gasteiger partial charge on any atom is -0.425 e. The first-order chi connectivity index (χ1) is 17.6. The third kappa shape index (κ3) is 6.32. The predicted octanol–water partition coefficient (Wildman–Crippen LogP) is 4.77. The molecule has 1 N–H and O–H groups in total. The summed E-state index contributed by atoms with van der Waals surface area (Å²) in [6.07, 6.45) is 3.42. The van der Waals surface area contributed by atoms with E-state index in [9.17, 15) is 9.59 Å². The van der Waals surface area contributed by atoms with Crippen LogP contribution in [0.5, 0.6) is 5.75 Å². The van der Waals surface area contributed by atoms with Gasteiger partial charge in [0, 0.05) is 24.5 Å². The third-order valence-corrected chi connectivity index (χ3v) is 6.65. The number of para-hydroxylation sites is 2. The van der Waals surface area contributed by atoms with Crippen LogP contribution >= 0.6 is 0 Å². The van der Waals surface area contributed by atoms with Crippen LogP contribution in [0, 0.1) is 5.92 Å². The van der Waals surface area contributed by atoms with Gasteiger partial charge in [-0.05, 0) is 73.1 Å². The molecule has 1 unspecified atom stereocenters. The molecule has 1 atom stereocenters. The van der Waals surface area contributed by atoms with Gasteiger partial charge in [0.2, 0.25) is 5.91 Å². The molecule has 1 amide bonds. The van der Waals surface area contributed by atoms with Crippen molar-refractivity contribution in [3.63, 3.8) is 0 Å². The van der Waals surface area contributed by atoms with E-state index < -0.39 is 12.6 Å². The van der Waals surface area contributed by atoms with E-state index in [0.717, 1.165) is 48.2 Å². The Morgan fingerprint density at radius 2 is 1.61 bits per heavy atom. The van der Waals surface area contributed by atoms with E-state index in [-0.39, 0.29) is 12.5 Å². The Balaban J connectivity index is 1.48. The van der Waals surface area contributed by atoms with Crippen LogP contribution in [0.15, 0.2) is 78.9 Å². The molecule has 0 fully saturated rings. The minimum absolute atomic E-state index is 0.112. The van der Waals surface area contributed by atoms with E-state index in [2.05, 4.69) is 17.9 Å². The highest BCUT2D eigenvalue weighted by Gasteiger charge is 2.26. The van der Waals surface area contributed by atoms with Crippen molar-refractivity contribution < 1.29 is 19.4 Å². The van der Waals surface area contributed by atoms with Crippen LogP contribution in [0.25, 0.3) is 0 Å².